The maximum atomic E-state index is 12.5. The number of pyridine rings is 1. The van der Waals surface area contributed by atoms with Crippen molar-refractivity contribution >= 4 is 22.8 Å². The third-order valence-corrected chi connectivity index (χ3v) is 4.15. The van der Waals surface area contributed by atoms with Crippen LogP contribution in [-0.4, -0.2) is 39.5 Å². The second kappa shape index (κ2) is 5.16. The summed E-state index contributed by atoms with van der Waals surface area (Å²) in [7, 11) is 0. The minimum absolute atomic E-state index is 0.197. The Labute approximate surface area is 122 Å². The van der Waals surface area contributed by atoms with E-state index in [0.717, 1.165) is 10.9 Å². The number of fused-ring (bicyclic) bond motifs is 1. The first-order chi connectivity index (χ1) is 10.1. The summed E-state index contributed by atoms with van der Waals surface area (Å²) in [4.78, 5) is 29.7. The summed E-state index contributed by atoms with van der Waals surface area (Å²) in [5.74, 6) is -1.53. The van der Waals surface area contributed by atoms with E-state index in [4.69, 9.17) is 5.11 Å². The van der Waals surface area contributed by atoms with Crippen molar-refractivity contribution in [1.82, 2.24) is 9.88 Å². The third kappa shape index (κ3) is 2.35. The van der Waals surface area contributed by atoms with E-state index in [1.807, 2.05) is 30.3 Å². The standard InChI is InChI=1S/C16H16N2O3/c1-10-12(16(20)21)8-9-18(10)15(19)14-7-6-11-4-2-3-5-13(11)17-14/h2-7,10,12H,8-9H2,1H3,(H,20,21). The molecule has 1 aliphatic rings. The zero-order chi connectivity index (χ0) is 15.0. The van der Waals surface area contributed by atoms with Gasteiger partial charge in [-0.15, -0.1) is 0 Å². The molecule has 3 rings (SSSR count). The summed E-state index contributed by atoms with van der Waals surface area (Å²) in [5, 5.41) is 10.1. The van der Waals surface area contributed by atoms with Gasteiger partial charge in [0.25, 0.3) is 5.91 Å². The molecule has 5 heteroatoms. The van der Waals surface area contributed by atoms with Crippen LogP contribution in [0.1, 0.15) is 23.8 Å². The second-order valence-corrected chi connectivity index (χ2v) is 5.36. The lowest BCUT2D eigenvalue weighted by Gasteiger charge is -2.23. The van der Waals surface area contributed by atoms with Gasteiger partial charge in [-0.2, -0.15) is 0 Å². The summed E-state index contributed by atoms with van der Waals surface area (Å²) >= 11 is 0. The average Bonchev–Trinajstić information content (AvgIpc) is 2.88. The van der Waals surface area contributed by atoms with Crippen LogP contribution in [-0.2, 0) is 4.79 Å². The van der Waals surface area contributed by atoms with Crippen LogP contribution in [0.5, 0.6) is 0 Å². The Hall–Kier alpha value is -2.43. The lowest BCUT2D eigenvalue weighted by atomic mass is 10.0. The Balaban J connectivity index is 1.89. The van der Waals surface area contributed by atoms with Crippen molar-refractivity contribution in [2.24, 2.45) is 5.92 Å². The Morgan fingerprint density at radius 2 is 2.00 bits per heavy atom. The minimum atomic E-state index is -0.843. The van der Waals surface area contributed by atoms with E-state index in [9.17, 15) is 9.59 Å². The van der Waals surface area contributed by atoms with Gasteiger partial charge in [-0.05, 0) is 25.5 Å². The van der Waals surface area contributed by atoms with Gasteiger partial charge in [-0.1, -0.05) is 24.3 Å². The van der Waals surface area contributed by atoms with Crippen LogP contribution in [0.4, 0.5) is 0 Å². The van der Waals surface area contributed by atoms with E-state index in [0.29, 0.717) is 18.7 Å². The molecule has 1 aromatic heterocycles. The van der Waals surface area contributed by atoms with Gasteiger partial charge in [0, 0.05) is 18.0 Å². The van der Waals surface area contributed by atoms with E-state index in [1.165, 1.54) is 0 Å². The van der Waals surface area contributed by atoms with Crippen molar-refractivity contribution in [2.75, 3.05) is 6.54 Å². The SMILES string of the molecule is CC1C(C(=O)O)CCN1C(=O)c1ccc2ccccc2n1. The Kier molecular flexibility index (Phi) is 3.33. The summed E-state index contributed by atoms with van der Waals surface area (Å²) in [6.45, 7) is 2.25. The van der Waals surface area contributed by atoms with Gasteiger partial charge in [-0.25, -0.2) is 4.98 Å². The predicted octanol–water partition coefficient (Wildman–Crippen LogP) is 2.17. The fourth-order valence-electron chi connectivity index (χ4n) is 2.89. The molecule has 0 bridgehead atoms. The first-order valence-corrected chi connectivity index (χ1v) is 6.97. The van der Waals surface area contributed by atoms with Gasteiger partial charge in [-0.3, -0.25) is 9.59 Å². The molecule has 1 N–H and O–H groups in total. The molecule has 5 nitrogen and oxygen atoms in total. The summed E-state index contributed by atoms with van der Waals surface area (Å²) in [6.07, 6.45) is 0.496. The molecule has 2 aromatic rings. The van der Waals surface area contributed by atoms with Crippen molar-refractivity contribution in [3.63, 3.8) is 0 Å². The highest BCUT2D eigenvalue weighted by molar-refractivity contribution is 5.95. The third-order valence-electron chi connectivity index (χ3n) is 4.15. The van der Waals surface area contributed by atoms with Crippen molar-refractivity contribution in [2.45, 2.75) is 19.4 Å². The number of carboxylic acids is 1. The van der Waals surface area contributed by atoms with Crippen LogP contribution in [0, 0.1) is 5.92 Å². The molecule has 2 unspecified atom stereocenters. The van der Waals surface area contributed by atoms with E-state index < -0.39 is 11.9 Å². The highest BCUT2D eigenvalue weighted by atomic mass is 16.4. The highest BCUT2D eigenvalue weighted by Crippen LogP contribution is 2.26. The van der Waals surface area contributed by atoms with Crippen LogP contribution in [0.2, 0.25) is 0 Å². The fourth-order valence-corrected chi connectivity index (χ4v) is 2.89. The second-order valence-electron chi connectivity index (χ2n) is 5.36. The number of hydrogen-bond acceptors (Lipinski definition) is 3. The average molecular weight is 284 g/mol. The van der Waals surface area contributed by atoms with Gasteiger partial charge in [0.1, 0.15) is 5.69 Å². The maximum Gasteiger partial charge on any atom is 0.308 e. The molecule has 1 fully saturated rings. The smallest absolute Gasteiger partial charge is 0.308 e. The molecule has 1 amide bonds. The molecule has 2 heterocycles. The quantitative estimate of drug-likeness (QED) is 0.917. The number of carboxylic acid groups (broad SMARTS) is 1. The molecule has 0 spiro atoms. The molecule has 21 heavy (non-hydrogen) atoms. The Bertz CT molecular complexity index is 713. The lowest BCUT2D eigenvalue weighted by Crippen LogP contribution is -2.38. The number of amides is 1. The van der Waals surface area contributed by atoms with Gasteiger partial charge < -0.3 is 10.0 Å². The number of likely N-dealkylation sites (tertiary alicyclic amines) is 1. The fraction of sp³-hybridized carbons (Fsp3) is 0.312. The molecule has 1 saturated heterocycles. The Morgan fingerprint density at radius 1 is 1.24 bits per heavy atom. The van der Waals surface area contributed by atoms with E-state index >= 15 is 0 Å². The molecule has 0 saturated carbocycles. The number of carbonyl (C=O) groups excluding carboxylic acids is 1. The number of aromatic nitrogens is 1. The molecule has 2 atom stereocenters. The van der Waals surface area contributed by atoms with Crippen LogP contribution in [0.15, 0.2) is 36.4 Å². The number of para-hydroxylation sites is 1. The normalized spacial score (nSPS) is 21.7. The summed E-state index contributed by atoms with van der Waals surface area (Å²) in [6, 6.07) is 10.9. The van der Waals surface area contributed by atoms with Gasteiger partial charge in [0.15, 0.2) is 0 Å². The first-order valence-electron chi connectivity index (χ1n) is 6.97. The summed E-state index contributed by atoms with van der Waals surface area (Å²) in [5.41, 5.74) is 1.14. The van der Waals surface area contributed by atoms with Gasteiger partial charge in [0.2, 0.25) is 0 Å². The van der Waals surface area contributed by atoms with Crippen molar-refractivity contribution in [3.05, 3.63) is 42.1 Å². The number of rotatable bonds is 2. The zero-order valence-electron chi connectivity index (χ0n) is 11.7. The molecule has 1 aliphatic heterocycles. The van der Waals surface area contributed by atoms with Crippen molar-refractivity contribution in [3.8, 4) is 0 Å². The maximum absolute atomic E-state index is 12.5. The molecule has 0 aliphatic carbocycles. The van der Waals surface area contributed by atoms with Crippen molar-refractivity contribution in [1.29, 1.82) is 0 Å². The molecular weight excluding hydrogens is 268 g/mol. The number of hydrogen-bond donors (Lipinski definition) is 1. The predicted molar refractivity (Wildman–Crippen MR) is 78.0 cm³/mol. The number of aliphatic carboxylic acids is 1. The number of nitrogens with zero attached hydrogens (tertiary/aromatic N) is 2. The zero-order valence-corrected chi connectivity index (χ0v) is 11.7. The largest absolute Gasteiger partial charge is 0.481 e. The van der Waals surface area contributed by atoms with E-state index in [2.05, 4.69) is 4.98 Å². The molecular formula is C16H16N2O3. The van der Waals surface area contributed by atoms with Gasteiger partial charge in [0.05, 0.1) is 11.4 Å². The molecule has 108 valence electrons. The molecule has 0 radical (unpaired) electrons. The van der Waals surface area contributed by atoms with Gasteiger partial charge >= 0.3 is 5.97 Å². The monoisotopic (exact) mass is 284 g/mol. The van der Waals surface area contributed by atoms with Crippen LogP contribution < -0.4 is 0 Å². The molecule has 1 aromatic carbocycles. The highest BCUT2D eigenvalue weighted by Gasteiger charge is 2.38. The minimum Gasteiger partial charge on any atom is -0.481 e. The van der Waals surface area contributed by atoms with Crippen LogP contribution in [0.25, 0.3) is 10.9 Å². The van der Waals surface area contributed by atoms with Crippen LogP contribution >= 0.6 is 0 Å². The lowest BCUT2D eigenvalue weighted by molar-refractivity contribution is -0.142. The topological polar surface area (TPSA) is 70.5 Å². The first kappa shape index (κ1) is 13.5. The van der Waals surface area contributed by atoms with Crippen molar-refractivity contribution < 1.29 is 14.7 Å². The van der Waals surface area contributed by atoms with Crippen LogP contribution in [0.3, 0.4) is 0 Å². The van der Waals surface area contributed by atoms with E-state index in [-0.39, 0.29) is 11.9 Å². The number of carbonyl (C=O) groups is 2. The number of benzene rings is 1. The van der Waals surface area contributed by atoms with E-state index in [1.54, 1.807) is 17.9 Å². The Morgan fingerprint density at radius 3 is 2.71 bits per heavy atom. The summed E-state index contributed by atoms with van der Waals surface area (Å²) < 4.78 is 0.